The van der Waals surface area contributed by atoms with Gasteiger partial charge in [0.15, 0.2) is 17.5 Å². The highest BCUT2D eigenvalue weighted by Crippen LogP contribution is 2.35. The van der Waals surface area contributed by atoms with Crippen LogP contribution in [-0.2, 0) is 0 Å². The zero-order valence-corrected chi connectivity index (χ0v) is 13.2. The van der Waals surface area contributed by atoms with Crippen LogP contribution in [0.2, 0.25) is 0 Å². The molecule has 0 aliphatic heterocycles. The second kappa shape index (κ2) is 7.64. The Bertz CT molecular complexity index is 846. The Balaban J connectivity index is 2.44. The monoisotopic (exact) mass is 344 g/mol. The molecule has 0 spiro atoms. The van der Waals surface area contributed by atoms with E-state index in [2.05, 4.69) is 9.98 Å². The summed E-state index contributed by atoms with van der Waals surface area (Å²) in [6, 6.07) is 10.8. The number of non-ortho nitro benzene ring substituents is 1. The molecule has 2 aromatic rings. The molecule has 0 aromatic heterocycles. The van der Waals surface area contributed by atoms with E-state index < -0.39 is 4.92 Å². The van der Waals surface area contributed by atoms with Gasteiger partial charge in [-0.1, -0.05) is 12.1 Å². The van der Waals surface area contributed by atoms with E-state index in [4.69, 9.17) is 26.7 Å². The molecule has 6 N–H and O–H groups in total. The number of hydrogen-bond acceptors (Lipinski definition) is 5. The Kier molecular flexibility index (Phi) is 5.36. The van der Waals surface area contributed by atoms with Gasteiger partial charge in [-0.05, 0) is 12.1 Å². The first kappa shape index (κ1) is 17.5. The highest BCUT2D eigenvalue weighted by Gasteiger charge is 2.13. The second-order valence-corrected chi connectivity index (χ2v) is 4.70. The number of methoxy groups -OCH3 is 1. The molecule has 0 fully saturated rings. The molecule has 0 unspecified atom stereocenters. The molecule has 10 nitrogen and oxygen atoms in total. The molecule has 0 atom stereocenters. The van der Waals surface area contributed by atoms with Gasteiger partial charge in [-0.2, -0.15) is 4.99 Å². The van der Waals surface area contributed by atoms with Gasteiger partial charge in [0, 0.05) is 12.1 Å². The summed E-state index contributed by atoms with van der Waals surface area (Å²) in [5.41, 5.74) is 15.9. The van der Waals surface area contributed by atoms with Crippen molar-refractivity contribution in [3.63, 3.8) is 0 Å². The van der Waals surface area contributed by atoms with Crippen LogP contribution >= 0.6 is 0 Å². The molecule has 25 heavy (non-hydrogen) atoms. The molecule has 2 rings (SSSR count). The molecule has 10 heteroatoms. The van der Waals surface area contributed by atoms with Gasteiger partial charge in [-0.3, -0.25) is 10.1 Å². The molecule has 0 radical (unpaired) electrons. The number of nitro benzene ring substituents is 1. The quantitative estimate of drug-likeness (QED) is 0.321. The third-order valence-corrected chi connectivity index (χ3v) is 2.87. The number of nitrogens with zero attached hydrogens (tertiary/aromatic N) is 3. The SMILES string of the molecule is COc1ccccc1Oc1cc(N=C(N)N=C(N)N)cc([N+](=O)[O-])c1. The first-order valence-corrected chi connectivity index (χ1v) is 6.93. The van der Waals surface area contributed by atoms with Crippen LogP contribution in [0.3, 0.4) is 0 Å². The minimum Gasteiger partial charge on any atom is -0.493 e. The van der Waals surface area contributed by atoms with Crippen molar-refractivity contribution in [3.8, 4) is 17.2 Å². The van der Waals surface area contributed by atoms with Gasteiger partial charge in [-0.25, -0.2) is 4.99 Å². The molecule has 0 aliphatic carbocycles. The number of para-hydroxylation sites is 2. The fourth-order valence-electron chi connectivity index (χ4n) is 1.92. The van der Waals surface area contributed by atoms with Crippen LogP contribution in [0.15, 0.2) is 52.4 Å². The van der Waals surface area contributed by atoms with E-state index in [1.54, 1.807) is 24.3 Å². The maximum Gasteiger partial charge on any atom is 0.275 e. The van der Waals surface area contributed by atoms with E-state index in [1.165, 1.54) is 25.3 Å². The number of ether oxygens (including phenoxy) is 2. The summed E-state index contributed by atoms with van der Waals surface area (Å²) < 4.78 is 10.9. The number of aliphatic imine (C=N–C) groups is 2. The Labute approximate surface area is 142 Å². The summed E-state index contributed by atoms with van der Waals surface area (Å²) in [6.45, 7) is 0. The van der Waals surface area contributed by atoms with Crippen LogP contribution in [0.1, 0.15) is 0 Å². The normalized spacial score (nSPS) is 10.8. The van der Waals surface area contributed by atoms with Crippen LogP contribution in [0.5, 0.6) is 17.2 Å². The predicted molar refractivity (Wildman–Crippen MR) is 93.3 cm³/mol. The van der Waals surface area contributed by atoms with Crippen molar-refractivity contribution in [2.24, 2.45) is 27.2 Å². The standard InChI is InChI=1S/C15H16N6O4/c1-24-12-4-2-3-5-13(12)25-11-7-9(6-10(8-11)21(22)23)19-15(18)20-14(16)17/h2-8H,1H3,(H6,16,17,18,19,20). The van der Waals surface area contributed by atoms with Crippen molar-refractivity contribution in [1.82, 2.24) is 0 Å². The molecule has 0 aliphatic rings. The summed E-state index contributed by atoms with van der Waals surface area (Å²) in [5.74, 6) is 0.507. The summed E-state index contributed by atoms with van der Waals surface area (Å²) in [5, 5.41) is 11.1. The molecule has 2 aromatic carbocycles. The number of benzene rings is 2. The van der Waals surface area contributed by atoms with Crippen molar-refractivity contribution >= 4 is 23.3 Å². The molecule has 130 valence electrons. The number of nitrogens with two attached hydrogens (primary N) is 3. The average molecular weight is 344 g/mol. The Hall–Kier alpha value is -3.82. The highest BCUT2D eigenvalue weighted by atomic mass is 16.6. The van der Waals surface area contributed by atoms with E-state index in [9.17, 15) is 10.1 Å². The molecule has 0 amide bonds. The summed E-state index contributed by atoms with van der Waals surface area (Å²) in [6.07, 6.45) is 0. The topological polar surface area (TPSA) is 164 Å². The summed E-state index contributed by atoms with van der Waals surface area (Å²) in [7, 11) is 1.49. The smallest absolute Gasteiger partial charge is 0.275 e. The van der Waals surface area contributed by atoms with Crippen LogP contribution in [0.4, 0.5) is 11.4 Å². The van der Waals surface area contributed by atoms with Crippen molar-refractivity contribution in [3.05, 3.63) is 52.6 Å². The fourth-order valence-corrected chi connectivity index (χ4v) is 1.92. The lowest BCUT2D eigenvalue weighted by Gasteiger charge is -2.10. The fraction of sp³-hybridized carbons (Fsp3) is 0.0667. The van der Waals surface area contributed by atoms with Crippen molar-refractivity contribution in [2.75, 3.05) is 7.11 Å². The van der Waals surface area contributed by atoms with Crippen LogP contribution in [0, 0.1) is 10.1 Å². The van der Waals surface area contributed by atoms with Gasteiger partial charge in [0.05, 0.1) is 23.8 Å². The third kappa shape index (κ3) is 4.82. The van der Waals surface area contributed by atoms with E-state index in [0.29, 0.717) is 11.5 Å². The summed E-state index contributed by atoms with van der Waals surface area (Å²) >= 11 is 0. The number of guanidine groups is 2. The molecule has 0 bridgehead atoms. The van der Waals surface area contributed by atoms with Crippen molar-refractivity contribution < 1.29 is 14.4 Å². The maximum absolute atomic E-state index is 11.1. The lowest BCUT2D eigenvalue weighted by atomic mass is 10.2. The van der Waals surface area contributed by atoms with E-state index in [1.807, 2.05) is 0 Å². The average Bonchev–Trinajstić information content (AvgIpc) is 2.54. The number of nitro groups is 1. The molecule has 0 saturated heterocycles. The molecular formula is C15H16N6O4. The number of rotatable bonds is 5. The van der Waals surface area contributed by atoms with Crippen LogP contribution < -0.4 is 26.7 Å². The molecule has 0 saturated carbocycles. The van der Waals surface area contributed by atoms with Gasteiger partial charge in [-0.15, -0.1) is 0 Å². The van der Waals surface area contributed by atoms with E-state index in [-0.39, 0.29) is 29.0 Å². The van der Waals surface area contributed by atoms with Crippen molar-refractivity contribution in [1.29, 1.82) is 0 Å². The lowest BCUT2D eigenvalue weighted by Crippen LogP contribution is -2.26. The van der Waals surface area contributed by atoms with Gasteiger partial charge < -0.3 is 26.7 Å². The first-order valence-electron chi connectivity index (χ1n) is 6.93. The maximum atomic E-state index is 11.1. The molecule has 0 heterocycles. The van der Waals surface area contributed by atoms with Crippen LogP contribution in [0.25, 0.3) is 0 Å². The number of hydrogen-bond donors (Lipinski definition) is 3. The van der Waals surface area contributed by atoms with Gasteiger partial charge in [0.1, 0.15) is 5.75 Å². The van der Waals surface area contributed by atoms with Gasteiger partial charge in [0.2, 0.25) is 5.96 Å². The lowest BCUT2D eigenvalue weighted by molar-refractivity contribution is -0.384. The summed E-state index contributed by atoms with van der Waals surface area (Å²) in [4.78, 5) is 18.0. The highest BCUT2D eigenvalue weighted by molar-refractivity contribution is 5.93. The van der Waals surface area contributed by atoms with E-state index in [0.717, 1.165) is 0 Å². The first-order chi connectivity index (χ1) is 11.9. The van der Waals surface area contributed by atoms with Crippen molar-refractivity contribution in [2.45, 2.75) is 0 Å². The van der Waals surface area contributed by atoms with Gasteiger partial charge >= 0.3 is 0 Å². The predicted octanol–water partition coefficient (Wildman–Crippen LogP) is 1.62. The Morgan fingerprint density at radius 3 is 2.40 bits per heavy atom. The minimum atomic E-state index is -0.579. The van der Waals surface area contributed by atoms with Gasteiger partial charge in [0.25, 0.3) is 5.69 Å². The largest absolute Gasteiger partial charge is 0.493 e. The van der Waals surface area contributed by atoms with E-state index >= 15 is 0 Å². The Morgan fingerprint density at radius 2 is 1.80 bits per heavy atom. The third-order valence-electron chi connectivity index (χ3n) is 2.87. The zero-order valence-electron chi connectivity index (χ0n) is 13.2. The minimum absolute atomic E-state index is 0.154. The zero-order chi connectivity index (χ0) is 18.4. The second-order valence-electron chi connectivity index (χ2n) is 4.70. The molecular weight excluding hydrogens is 328 g/mol. The Morgan fingerprint density at radius 1 is 1.12 bits per heavy atom. The van der Waals surface area contributed by atoms with Crippen LogP contribution in [-0.4, -0.2) is 24.0 Å².